The highest BCUT2D eigenvalue weighted by atomic mass is 32.1. The molecule has 0 spiro atoms. The van der Waals surface area contributed by atoms with Gasteiger partial charge in [0.25, 0.3) is 0 Å². The predicted molar refractivity (Wildman–Crippen MR) is 102 cm³/mol. The summed E-state index contributed by atoms with van der Waals surface area (Å²) in [5.41, 5.74) is 1.22. The lowest BCUT2D eigenvalue weighted by Crippen LogP contribution is -2.49. The second kappa shape index (κ2) is 7.32. The zero-order chi connectivity index (χ0) is 18.1. The average molecular weight is 372 g/mol. The molecule has 1 aliphatic carbocycles. The average Bonchev–Trinajstić information content (AvgIpc) is 3.47. The van der Waals surface area contributed by atoms with Gasteiger partial charge in [0.1, 0.15) is 5.82 Å². The lowest BCUT2D eigenvalue weighted by Gasteiger charge is -2.34. The smallest absolute Gasteiger partial charge is 0.225 e. The second-order valence-corrected chi connectivity index (χ2v) is 7.63. The van der Waals surface area contributed by atoms with Gasteiger partial charge in [-0.3, -0.25) is 14.3 Å². The van der Waals surface area contributed by atoms with E-state index in [2.05, 4.69) is 26.7 Å². The maximum absolute atomic E-state index is 12.2. The van der Waals surface area contributed by atoms with Crippen molar-refractivity contribution in [3.05, 3.63) is 46.5 Å². The summed E-state index contributed by atoms with van der Waals surface area (Å²) in [6.07, 6.45) is 2.15. The number of amides is 1. The molecule has 6 nitrogen and oxygen atoms in total. The van der Waals surface area contributed by atoms with E-state index in [1.54, 1.807) is 0 Å². The monoisotopic (exact) mass is 371 g/mol. The van der Waals surface area contributed by atoms with Crippen LogP contribution < -0.4 is 0 Å². The van der Waals surface area contributed by atoms with Gasteiger partial charge in [-0.05, 0) is 37.5 Å². The van der Waals surface area contributed by atoms with Crippen LogP contribution >= 0.6 is 12.2 Å². The minimum absolute atomic E-state index is 0.312. The van der Waals surface area contributed by atoms with E-state index in [4.69, 9.17) is 12.2 Å². The van der Waals surface area contributed by atoms with Gasteiger partial charge in [0, 0.05) is 32.1 Å². The molecule has 1 aromatic heterocycles. The van der Waals surface area contributed by atoms with Crippen LogP contribution in [-0.4, -0.2) is 56.2 Å². The molecule has 26 heavy (non-hydrogen) atoms. The first-order valence-electron chi connectivity index (χ1n) is 9.31. The van der Waals surface area contributed by atoms with Gasteiger partial charge >= 0.3 is 0 Å². The first-order valence-corrected chi connectivity index (χ1v) is 9.72. The number of piperazine rings is 1. The van der Waals surface area contributed by atoms with Gasteiger partial charge in [-0.1, -0.05) is 30.3 Å². The Hall–Kier alpha value is -1.99. The van der Waals surface area contributed by atoms with Crippen molar-refractivity contribution in [1.29, 1.82) is 0 Å². The number of carbonyl (C=O) groups excluding carboxylic acids is 1. The molecule has 1 aliphatic heterocycles. The van der Waals surface area contributed by atoms with Crippen molar-refractivity contribution in [2.45, 2.75) is 33.0 Å². The largest absolute Gasteiger partial charge is 0.340 e. The molecule has 0 unspecified atom stereocenters. The molecule has 0 radical (unpaired) electrons. The molecule has 4 rings (SSSR count). The molecule has 1 aromatic carbocycles. The van der Waals surface area contributed by atoms with E-state index in [-0.39, 0.29) is 0 Å². The summed E-state index contributed by atoms with van der Waals surface area (Å²) in [6.45, 7) is 6.82. The fraction of sp³-hybridized carbons (Fsp3) is 0.526. The van der Waals surface area contributed by atoms with Crippen LogP contribution in [0, 0.1) is 17.6 Å². The quantitative estimate of drug-likeness (QED) is 0.757. The maximum atomic E-state index is 12.2. The van der Waals surface area contributed by atoms with Crippen molar-refractivity contribution in [3.63, 3.8) is 0 Å². The maximum Gasteiger partial charge on any atom is 0.225 e. The van der Waals surface area contributed by atoms with E-state index >= 15 is 0 Å². The van der Waals surface area contributed by atoms with E-state index < -0.39 is 0 Å². The third-order valence-electron chi connectivity index (χ3n) is 5.24. The molecule has 138 valence electrons. The lowest BCUT2D eigenvalue weighted by atomic mass is 10.2. The highest BCUT2D eigenvalue weighted by Crippen LogP contribution is 2.31. The predicted octanol–water partition coefficient (Wildman–Crippen LogP) is 2.28. The summed E-state index contributed by atoms with van der Waals surface area (Å²) in [5, 5.41) is 4.65. The summed E-state index contributed by atoms with van der Waals surface area (Å²) in [7, 11) is 0. The number of carbonyl (C=O) groups is 1. The first kappa shape index (κ1) is 17.4. The Bertz CT molecular complexity index is 831. The number of hydrogen-bond acceptors (Lipinski definition) is 4. The standard InChI is InChI=1S/C19H25N5OS/c1-15-20-24(19(26)23(15)13-16-5-3-2-4-6-16)14-21-9-11-22(12-10-21)18(25)17-7-8-17/h2-6,17H,7-14H2,1H3. The van der Waals surface area contributed by atoms with E-state index in [1.807, 2.05) is 34.7 Å². The Morgan fingerprint density at radius 2 is 1.85 bits per heavy atom. The van der Waals surface area contributed by atoms with Crippen LogP contribution in [0.3, 0.4) is 0 Å². The fourth-order valence-corrected chi connectivity index (χ4v) is 3.77. The lowest BCUT2D eigenvalue weighted by molar-refractivity contribution is -0.134. The van der Waals surface area contributed by atoms with Crippen molar-refractivity contribution >= 4 is 18.1 Å². The van der Waals surface area contributed by atoms with Crippen LogP contribution in [0.1, 0.15) is 24.2 Å². The van der Waals surface area contributed by atoms with Crippen LogP contribution in [0.5, 0.6) is 0 Å². The third-order valence-corrected chi connectivity index (χ3v) is 5.67. The molecule has 7 heteroatoms. The van der Waals surface area contributed by atoms with Crippen molar-refractivity contribution in [1.82, 2.24) is 24.1 Å². The Balaban J connectivity index is 1.39. The summed E-state index contributed by atoms with van der Waals surface area (Å²) >= 11 is 5.66. The minimum atomic E-state index is 0.312. The zero-order valence-electron chi connectivity index (χ0n) is 15.2. The van der Waals surface area contributed by atoms with Gasteiger partial charge in [0.2, 0.25) is 5.91 Å². The van der Waals surface area contributed by atoms with Gasteiger partial charge in [-0.2, -0.15) is 5.10 Å². The molecule has 2 fully saturated rings. The van der Waals surface area contributed by atoms with E-state index in [0.29, 0.717) is 18.5 Å². The van der Waals surface area contributed by atoms with Crippen LogP contribution in [-0.2, 0) is 18.0 Å². The van der Waals surface area contributed by atoms with Gasteiger partial charge < -0.3 is 4.90 Å². The molecular formula is C19H25N5OS. The van der Waals surface area contributed by atoms with Gasteiger partial charge in [-0.25, -0.2) is 4.68 Å². The molecule has 0 bridgehead atoms. The van der Waals surface area contributed by atoms with Crippen molar-refractivity contribution in [3.8, 4) is 0 Å². The van der Waals surface area contributed by atoms with Crippen LogP contribution in [0.2, 0.25) is 0 Å². The third kappa shape index (κ3) is 3.73. The van der Waals surface area contributed by atoms with E-state index in [0.717, 1.165) is 56.2 Å². The van der Waals surface area contributed by atoms with Gasteiger partial charge in [0.05, 0.1) is 13.2 Å². The number of nitrogens with zero attached hydrogens (tertiary/aromatic N) is 5. The van der Waals surface area contributed by atoms with Crippen LogP contribution in [0.25, 0.3) is 0 Å². The van der Waals surface area contributed by atoms with Crippen LogP contribution in [0.15, 0.2) is 30.3 Å². The summed E-state index contributed by atoms with van der Waals surface area (Å²) in [5.74, 6) is 1.59. The molecule has 0 N–H and O–H groups in total. The molecule has 1 amide bonds. The SMILES string of the molecule is Cc1nn(CN2CCN(C(=O)C3CC3)CC2)c(=S)n1Cc1ccccc1. The minimum Gasteiger partial charge on any atom is -0.340 e. The highest BCUT2D eigenvalue weighted by Gasteiger charge is 2.34. The molecular weight excluding hydrogens is 346 g/mol. The van der Waals surface area contributed by atoms with Crippen molar-refractivity contribution in [2.24, 2.45) is 5.92 Å². The number of aryl methyl sites for hydroxylation is 1. The summed E-state index contributed by atoms with van der Waals surface area (Å²) in [4.78, 5) is 16.5. The molecule has 1 saturated carbocycles. The normalized spacial score (nSPS) is 18.3. The topological polar surface area (TPSA) is 46.3 Å². The fourth-order valence-electron chi connectivity index (χ4n) is 3.48. The molecule has 2 heterocycles. The molecule has 2 aromatic rings. The van der Waals surface area contributed by atoms with Crippen molar-refractivity contribution in [2.75, 3.05) is 26.2 Å². The highest BCUT2D eigenvalue weighted by molar-refractivity contribution is 7.71. The number of rotatable bonds is 5. The van der Waals surface area contributed by atoms with E-state index in [9.17, 15) is 4.79 Å². The Kier molecular flexibility index (Phi) is 4.91. The Labute approximate surface area is 159 Å². The second-order valence-electron chi connectivity index (χ2n) is 7.26. The van der Waals surface area contributed by atoms with Crippen molar-refractivity contribution < 1.29 is 4.79 Å². The Morgan fingerprint density at radius 3 is 2.50 bits per heavy atom. The molecule has 1 saturated heterocycles. The zero-order valence-corrected chi connectivity index (χ0v) is 16.0. The Morgan fingerprint density at radius 1 is 1.15 bits per heavy atom. The summed E-state index contributed by atoms with van der Waals surface area (Å²) < 4.78 is 4.74. The summed E-state index contributed by atoms with van der Waals surface area (Å²) in [6, 6.07) is 10.3. The van der Waals surface area contributed by atoms with Gasteiger partial charge in [-0.15, -0.1) is 0 Å². The van der Waals surface area contributed by atoms with E-state index in [1.165, 1.54) is 5.56 Å². The number of hydrogen-bond donors (Lipinski definition) is 0. The number of benzene rings is 1. The number of aromatic nitrogens is 3. The molecule has 0 atom stereocenters. The van der Waals surface area contributed by atoms with Gasteiger partial charge in [0.15, 0.2) is 4.77 Å². The molecule has 2 aliphatic rings. The first-order chi connectivity index (χ1) is 12.6. The van der Waals surface area contributed by atoms with Crippen LogP contribution in [0.4, 0.5) is 0 Å².